The quantitative estimate of drug-likeness (QED) is 0.816. The van der Waals surface area contributed by atoms with Gasteiger partial charge in [-0.25, -0.2) is 0 Å². The summed E-state index contributed by atoms with van der Waals surface area (Å²) in [6, 6.07) is 7.93. The summed E-state index contributed by atoms with van der Waals surface area (Å²) in [7, 11) is 0. The van der Waals surface area contributed by atoms with Gasteiger partial charge >= 0.3 is 0 Å². The van der Waals surface area contributed by atoms with E-state index in [4.69, 9.17) is 5.73 Å². The second-order valence-electron chi connectivity index (χ2n) is 3.36. The minimum atomic E-state index is 0.187. The van der Waals surface area contributed by atoms with E-state index < -0.39 is 0 Å². The molecule has 3 nitrogen and oxygen atoms in total. The maximum absolute atomic E-state index is 5.78. The van der Waals surface area contributed by atoms with Crippen LogP contribution in [0.3, 0.4) is 0 Å². The Bertz CT molecular complexity index is 360. The van der Waals surface area contributed by atoms with Gasteiger partial charge in [0.2, 0.25) is 0 Å². The molecule has 0 spiro atoms. The Labute approximate surface area is 89.0 Å². The molecule has 0 unspecified atom stereocenters. The molecule has 2 aromatic rings. The van der Waals surface area contributed by atoms with Crippen LogP contribution in [0.1, 0.15) is 17.0 Å². The van der Waals surface area contributed by atoms with Crippen molar-refractivity contribution in [1.29, 1.82) is 0 Å². The van der Waals surface area contributed by atoms with Crippen LogP contribution in [0.25, 0.3) is 0 Å². The highest BCUT2D eigenvalue weighted by Gasteiger charge is 2.11. The molecule has 0 fully saturated rings. The Morgan fingerprint density at radius 1 is 1.00 bits per heavy atom. The Hall–Kier alpha value is -1.74. The molecule has 0 radical (unpaired) electrons. The van der Waals surface area contributed by atoms with Crippen LogP contribution in [0.5, 0.6) is 0 Å². The predicted octanol–water partition coefficient (Wildman–Crippen LogP) is 1.57. The molecule has 0 atom stereocenters. The summed E-state index contributed by atoms with van der Waals surface area (Å²) < 4.78 is 0. The summed E-state index contributed by atoms with van der Waals surface area (Å²) in [5.41, 5.74) is 8.05. The second-order valence-corrected chi connectivity index (χ2v) is 3.36. The molecular formula is C12H13N3. The van der Waals surface area contributed by atoms with Crippen LogP contribution in [-0.2, 0) is 0 Å². The van der Waals surface area contributed by atoms with Gasteiger partial charge in [0.1, 0.15) is 0 Å². The predicted molar refractivity (Wildman–Crippen MR) is 59.4 cm³/mol. The molecule has 2 aromatic heterocycles. The molecular weight excluding hydrogens is 186 g/mol. The van der Waals surface area contributed by atoms with E-state index >= 15 is 0 Å². The van der Waals surface area contributed by atoms with E-state index in [1.54, 1.807) is 12.4 Å². The van der Waals surface area contributed by atoms with Crippen LogP contribution < -0.4 is 5.73 Å². The smallest absolute Gasteiger partial charge is 0.0306 e. The zero-order valence-corrected chi connectivity index (χ0v) is 8.38. The molecule has 0 aliphatic heterocycles. The van der Waals surface area contributed by atoms with Crippen molar-refractivity contribution in [2.24, 2.45) is 5.73 Å². The molecule has 0 aliphatic rings. The van der Waals surface area contributed by atoms with Crippen molar-refractivity contribution in [3.63, 3.8) is 0 Å². The van der Waals surface area contributed by atoms with Gasteiger partial charge in [0.05, 0.1) is 0 Å². The van der Waals surface area contributed by atoms with Crippen molar-refractivity contribution >= 4 is 0 Å². The number of hydrogen-bond donors (Lipinski definition) is 1. The summed E-state index contributed by atoms with van der Waals surface area (Å²) in [4.78, 5) is 8.21. The van der Waals surface area contributed by atoms with Gasteiger partial charge in [-0.1, -0.05) is 12.1 Å². The largest absolute Gasteiger partial charge is 0.330 e. The van der Waals surface area contributed by atoms with Gasteiger partial charge in [-0.3, -0.25) is 9.97 Å². The van der Waals surface area contributed by atoms with E-state index in [2.05, 4.69) is 9.97 Å². The summed E-state index contributed by atoms with van der Waals surface area (Å²) in [5, 5.41) is 0. The third-order valence-electron chi connectivity index (χ3n) is 2.41. The fraction of sp³-hybridized carbons (Fsp3) is 0.167. The second kappa shape index (κ2) is 4.66. The van der Waals surface area contributed by atoms with Gasteiger partial charge in [0.15, 0.2) is 0 Å². The average molecular weight is 199 g/mol. The van der Waals surface area contributed by atoms with Crippen molar-refractivity contribution in [2.75, 3.05) is 6.54 Å². The summed E-state index contributed by atoms with van der Waals surface area (Å²) in [6.07, 6.45) is 7.23. The van der Waals surface area contributed by atoms with E-state index in [-0.39, 0.29) is 5.92 Å². The van der Waals surface area contributed by atoms with Gasteiger partial charge < -0.3 is 5.73 Å². The highest BCUT2D eigenvalue weighted by Crippen LogP contribution is 2.21. The van der Waals surface area contributed by atoms with Crippen LogP contribution in [0.4, 0.5) is 0 Å². The molecule has 3 heteroatoms. The SMILES string of the molecule is NCC(c1cccnc1)c1cccnc1. The number of pyridine rings is 2. The first-order chi connectivity index (χ1) is 7.42. The van der Waals surface area contributed by atoms with Crippen LogP contribution >= 0.6 is 0 Å². The lowest BCUT2D eigenvalue weighted by Crippen LogP contribution is -2.14. The fourth-order valence-electron chi connectivity index (χ4n) is 1.63. The molecule has 0 saturated heterocycles. The normalized spacial score (nSPS) is 10.5. The lowest BCUT2D eigenvalue weighted by atomic mass is 9.94. The minimum absolute atomic E-state index is 0.187. The summed E-state index contributed by atoms with van der Waals surface area (Å²) >= 11 is 0. The topological polar surface area (TPSA) is 51.8 Å². The zero-order chi connectivity index (χ0) is 10.5. The van der Waals surface area contributed by atoms with Gasteiger partial charge in [-0.15, -0.1) is 0 Å². The Kier molecular flexibility index (Phi) is 3.05. The monoisotopic (exact) mass is 199 g/mol. The summed E-state index contributed by atoms with van der Waals surface area (Å²) in [6.45, 7) is 0.567. The first-order valence-electron chi connectivity index (χ1n) is 4.91. The fourth-order valence-corrected chi connectivity index (χ4v) is 1.63. The Balaban J connectivity index is 2.34. The van der Waals surface area contributed by atoms with E-state index in [1.165, 1.54) is 0 Å². The lowest BCUT2D eigenvalue weighted by molar-refractivity contribution is 0.808. The molecule has 0 amide bonds. The van der Waals surface area contributed by atoms with Crippen LogP contribution in [0.2, 0.25) is 0 Å². The van der Waals surface area contributed by atoms with Crippen molar-refractivity contribution in [3.8, 4) is 0 Å². The van der Waals surface area contributed by atoms with Gasteiger partial charge in [-0.2, -0.15) is 0 Å². The average Bonchev–Trinajstić information content (AvgIpc) is 2.33. The van der Waals surface area contributed by atoms with Crippen LogP contribution in [0, 0.1) is 0 Å². The molecule has 0 aromatic carbocycles. The third-order valence-corrected chi connectivity index (χ3v) is 2.41. The highest BCUT2D eigenvalue weighted by atomic mass is 14.6. The number of hydrogen-bond acceptors (Lipinski definition) is 3. The van der Waals surface area contributed by atoms with E-state index in [0.29, 0.717) is 6.54 Å². The van der Waals surface area contributed by atoms with E-state index in [9.17, 15) is 0 Å². The number of nitrogens with two attached hydrogens (primary N) is 1. The lowest BCUT2D eigenvalue weighted by Gasteiger charge is -2.14. The molecule has 0 saturated carbocycles. The highest BCUT2D eigenvalue weighted by molar-refractivity contribution is 5.28. The molecule has 2 rings (SSSR count). The van der Waals surface area contributed by atoms with Crippen LogP contribution in [-0.4, -0.2) is 16.5 Å². The van der Waals surface area contributed by atoms with Crippen LogP contribution in [0.15, 0.2) is 49.1 Å². The third kappa shape index (κ3) is 2.19. The molecule has 0 bridgehead atoms. The number of aromatic nitrogens is 2. The minimum Gasteiger partial charge on any atom is -0.330 e. The molecule has 2 heterocycles. The Morgan fingerprint density at radius 3 is 1.87 bits per heavy atom. The number of nitrogens with zero attached hydrogens (tertiary/aromatic N) is 2. The molecule has 15 heavy (non-hydrogen) atoms. The maximum atomic E-state index is 5.78. The molecule has 0 aliphatic carbocycles. The van der Waals surface area contributed by atoms with Crippen molar-refractivity contribution in [2.45, 2.75) is 5.92 Å². The standard InChI is InChI=1S/C12H13N3/c13-7-12(10-3-1-5-14-8-10)11-4-2-6-15-9-11/h1-6,8-9,12H,7,13H2. The van der Waals surface area contributed by atoms with Gasteiger partial charge in [0.25, 0.3) is 0 Å². The first-order valence-corrected chi connectivity index (χ1v) is 4.91. The molecule has 2 N–H and O–H groups in total. The number of rotatable bonds is 3. The van der Waals surface area contributed by atoms with E-state index in [0.717, 1.165) is 11.1 Å². The molecule has 76 valence electrons. The summed E-state index contributed by atoms with van der Waals surface area (Å²) in [5.74, 6) is 0.187. The zero-order valence-electron chi connectivity index (χ0n) is 8.38. The maximum Gasteiger partial charge on any atom is 0.0306 e. The van der Waals surface area contributed by atoms with Gasteiger partial charge in [0, 0.05) is 37.3 Å². The Morgan fingerprint density at radius 2 is 1.53 bits per heavy atom. The van der Waals surface area contributed by atoms with E-state index in [1.807, 2.05) is 36.7 Å². The first kappa shape index (κ1) is 9.80. The van der Waals surface area contributed by atoms with Crippen molar-refractivity contribution < 1.29 is 0 Å². The van der Waals surface area contributed by atoms with Crippen molar-refractivity contribution in [1.82, 2.24) is 9.97 Å². The van der Waals surface area contributed by atoms with Crippen molar-refractivity contribution in [3.05, 3.63) is 60.2 Å². The van der Waals surface area contributed by atoms with Gasteiger partial charge in [-0.05, 0) is 23.3 Å².